The molecule has 0 radical (unpaired) electrons. The van der Waals surface area contributed by atoms with Crippen molar-refractivity contribution in [1.82, 2.24) is 0 Å². The number of benzene rings is 1. The van der Waals surface area contributed by atoms with Crippen LogP contribution in [0.5, 0.6) is 0 Å². The molecule has 2 rings (SSSR count). The first-order chi connectivity index (χ1) is 6.97. The van der Waals surface area contributed by atoms with E-state index in [1.165, 1.54) is 6.08 Å². The van der Waals surface area contributed by atoms with E-state index in [2.05, 4.69) is 0 Å². The maximum atomic E-state index is 12.2. The Morgan fingerprint density at radius 3 is 2.47 bits per heavy atom. The van der Waals surface area contributed by atoms with Gasteiger partial charge < -0.3 is 5.11 Å². The third-order valence-corrected chi connectivity index (χ3v) is 2.39. The summed E-state index contributed by atoms with van der Waals surface area (Å²) in [5.41, 5.74) is 1.24. The molecule has 0 bridgehead atoms. The zero-order valence-electron chi connectivity index (χ0n) is 7.75. The summed E-state index contributed by atoms with van der Waals surface area (Å²) in [4.78, 5) is 0. The number of aliphatic hydroxyl groups is 1. The van der Waals surface area contributed by atoms with Crippen LogP contribution in [0, 0.1) is 0 Å². The maximum absolute atomic E-state index is 12.2. The van der Waals surface area contributed by atoms with Crippen LogP contribution in [0.25, 0.3) is 6.08 Å². The van der Waals surface area contributed by atoms with Crippen molar-refractivity contribution in [3.8, 4) is 0 Å². The Morgan fingerprint density at radius 1 is 1.20 bits per heavy atom. The maximum Gasteiger partial charge on any atom is 0.392 e. The monoisotopic (exact) mass is 214 g/mol. The highest BCUT2D eigenvalue weighted by molar-refractivity contribution is 5.65. The van der Waals surface area contributed by atoms with Crippen LogP contribution >= 0.6 is 0 Å². The Hall–Kier alpha value is -1.29. The number of fused-ring (bicyclic) bond motifs is 1. The molecule has 1 atom stereocenters. The van der Waals surface area contributed by atoms with Gasteiger partial charge in [0.15, 0.2) is 0 Å². The lowest BCUT2D eigenvalue weighted by atomic mass is 10.1. The molecule has 15 heavy (non-hydrogen) atoms. The highest BCUT2D eigenvalue weighted by atomic mass is 19.4. The minimum atomic E-state index is -4.27. The zero-order chi connectivity index (χ0) is 11.1. The van der Waals surface area contributed by atoms with Crippen LogP contribution in [0.15, 0.2) is 29.8 Å². The number of hydrogen-bond donors (Lipinski definition) is 1. The smallest absolute Gasteiger partial charge is 0.384 e. The molecule has 0 fully saturated rings. The summed E-state index contributed by atoms with van der Waals surface area (Å²) in [7, 11) is 0. The van der Waals surface area contributed by atoms with Gasteiger partial charge in [0.1, 0.15) is 6.10 Å². The van der Waals surface area contributed by atoms with Gasteiger partial charge in [-0.1, -0.05) is 30.3 Å². The van der Waals surface area contributed by atoms with E-state index in [9.17, 15) is 18.3 Å². The van der Waals surface area contributed by atoms with Crippen molar-refractivity contribution >= 4 is 6.08 Å². The number of rotatable bonds is 1. The molecule has 1 aromatic rings. The quantitative estimate of drug-likeness (QED) is 0.761. The summed E-state index contributed by atoms with van der Waals surface area (Å²) < 4.78 is 36.5. The van der Waals surface area contributed by atoms with Gasteiger partial charge in [0.25, 0.3) is 0 Å². The van der Waals surface area contributed by atoms with Crippen LogP contribution in [0.4, 0.5) is 13.2 Å². The Morgan fingerprint density at radius 2 is 1.87 bits per heavy atom. The van der Waals surface area contributed by atoms with E-state index < -0.39 is 18.7 Å². The van der Waals surface area contributed by atoms with Crippen molar-refractivity contribution in [2.75, 3.05) is 0 Å². The minimum absolute atomic E-state index is 0.0173. The predicted octanol–water partition coefficient (Wildman–Crippen LogP) is 3.07. The summed E-state index contributed by atoms with van der Waals surface area (Å²) >= 11 is 0. The highest BCUT2D eigenvalue weighted by Crippen LogP contribution is 2.39. The van der Waals surface area contributed by atoms with Crippen LogP contribution in [0.3, 0.4) is 0 Å². The molecule has 4 heteroatoms. The average molecular weight is 214 g/mol. The minimum Gasteiger partial charge on any atom is -0.384 e. The van der Waals surface area contributed by atoms with Gasteiger partial charge in [-0.05, 0) is 16.7 Å². The van der Waals surface area contributed by atoms with E-state index in [0.717, 1.165) is 0 Å². The molecule has 0 heterocycles. The third kappa shape index (κ3) is 2.04. The van der Waals surface area contributed by atoms with E-state index in [4.69, 9.17) is 0 Å². The Bertz CT molecular complexity index is 407. The van der Waals surface area contributed by atoms with E-state index in [1.807, 2.05) is 0 Å². The van der Waals surface area contributed by atoms with E-state index >= 15 is 0 Å². The number of aliphatic hydroxyl groups excluding tert-OH is 1. The van der Waals surface area contributed by atoms with E-state index in [0.29, 0.717) is 11.1 Å². The zero-order valence-corrected chi connectivity index (χ0v) is 7.75. The lowest BCUT2D eigenvalue weighted by molar-refractivity contribution is -0.129. The summed E-state index contributed by atoms with van der Waals surface area (Å²) in [6, 6.07) is 6.77. The van der Waals surface area contributed by atoms with Gasteiger partial charge in [-0.3, -0.25) is 0 Å². The molecular weight excluding hydrogens is 205 g/mol. The molecule has 1 nitrogen and oxygen atoms in total. The van der Waals surface area contributed by atoms with E-state index in [1.54, 1.807) is 24.3 Å². The van der Waals surface area contributed by atoms with Crippen molar-refractivity contribution in [3.63, 3.8) is 0 Å². The topological polar surface area (TPSA) is 20.2 Å². The van der Waals surface area contributed by atoms with Crippen molar-refractivity contribution in [2.24, 2.45) is 0 Å². The second-order valence-corrected chi connectivity index (χ2v) is 3.54. The van der Waals surface area contributed by atoms with Gasteiger partial charge in [0, 0.05) is 0 Å². The highest BCUT2D eigenvalue weighted by Gasteiger charge is 2.34. The van der Waals surface area contributed by atoms with Crippen molar-refractivity contribution < 1.29 is 18.3 Å². The third-order valence-electron chi connectivity index (χ3n) is 2.39. The van der Waals surface area contributed by atoms with Crippen LogP contribution in [-0.2, 0) is 0 Å². The number of hydrogen-bond acceptors (Lipinski definition) is 1. The molecule has 0 saturated heterocycles. The largest absolute Gasteiger partial charge is 0.392 e. The van der Waals surface area contributed by atoms with Crippen LogP contribution in [0.2, 0.25) is 0 Å². The molecular formula is C11H9F3O. The molecule has 0 spiro atoms. The first-order valence-electron chi connectivity index (χ1n) is 4.51. The summed E-state index contributed by atoms with van der Waals surface area (Å²) in [5, 5.41) is 9.64. The molecule has 0 aromatic heterocycles. The molecule has 1 aliphatic rings. The summed E-state index contributed by atoms with van der Waals surface area (Å²) in [5.74, 6) is 0. The standard InChI is InChI=1S/C11H9F3O/c12-11(13,14)6-8-5-7-3-1-2-4-9(7)10(8)15/h1-5,10,15H,6H2. The molecule has 1 unspecified atom stereocenters. The lowest BCUT2D eigenvalue weighted by Crippen LogP contribution is -2.11. The molecule has 1 aliphatic carbocycles. The van der Waals surface area contributed by atoms with Gasteiger partial charge in [0.2, 0.25) is 0 Å². The van der Waals surface area contributed by atoms with Crippen molar-refractivity contribution in [1.29, 1.82) is 0 Å². The average Bonchev–Trinajstić information content (AvgIpc) is 2.42. The predicted molar refractivity (Wildman–Crippen MR) is 50.1 cm³/mol. The van der Waals surface area contributed by atoms with Gasteiger partial charge >= 0.3 is 6.18 Å². The Labute approximate surface area is 84.9 Å². The molecule has 80 valence electrons. The Kier molecular flexibility index (Phi) is 2.31. The van der Waals surface area contributed by atoms with Crippen molar-refractivity contribution in [3.05, 3.63) is 41.0 Å². The van der Waals surface area contributed by atoms with Crippen LogP contribution < -0.4 is 0 Å². The first-order valence-corrected chi connectivity index (χ1v) is 4.51. The Balaban J connectivity index is 2.27. The summed E-state index contributed by atoms with van der Waals surface area (Å²) in [6.45, 7) is 0. The fraction of sp³-hybridized carbons (Fsp3) is 0.273. The number of alkyl halides is 3. The van der Waals surface area contributed by atoms with Crippen LogP contribution in [0.1, 0.15) is 23.7 Å². The van der Waals surface area contributed by atoms with E-state index in [-0.39, 0.29) is 5.57 Å². The molecule has 0 aliphatic heterocycles. The molecule has 1 N–H and O–H groups in total. The van der Waals surface area contributed by atoms with Crippen molar-refractivity contribution in [2.45, 2.75) is 18.7 Å². The summed E-state index contributed by atoms with van der Waals surface area (Å²) in [6.07, 6.45) is -5.02. The molecule has 0 saturated carbocycles. The SMILES string of the molecule is OC1C(CC(F)(F)F)=Cc2ccccc21. The fourth-order valence-electron chi connectivity index (χ4n) is 1.75. The van der Waals surface area contributed by atoms with Gasteiger partial charge in [-0.15, -0.1) is 0 Å². The second kappa shape index (κ2) is 3.38. The number of halogens is 3. The van der Waals surface area contributed by atoms with Gasteiger partial charge in [0.05, 0.1) is 6.42 Å². The normalized spacial score (nSPS) is 20.0. The molecule has 1 aromatic carbocycles. The fourth-order valence-corrected chi connectivity index (χ4v) is 1.75. The second-order valence-electron chi connectivity index (χ2n) is 3.54. The van der Waals surface area contributed by atoms with Gasteiger partial charge in [-0.2, -0.15) is 13.2 Å². The lowest BCUT2D eigenvalue weighted by Gasteiger charge is -2.12. The first kappa shape index (κ1) is 10.2. The van der Waals surface area contributed by atoms with Crippen LogP contribution in [-0.4, -0.2) is 11.3 Å². The molecule has 0 amide bonds. The van der Waals surface area contributed by atoms with Gasteiger partial charge in [-0.25, -0.2) is 0 Å².